The van der Waals surface area contributed by atoms with Crippen LogP contribution >= 0.6 is 11.3 Å². The summed E-state index contributed by atoms with van der Waals surface area (Å²) in [4.78, 5) is 65.6. The van der Waals surface area contributed by atoms with Crippen molar-refractivity contribution >= 4 is 46.5 Å². The summed E-state index contributed by atoms with van der Waals surface area (Å²) in [6, 6.07) is 15.3. The number of likely N-dealkylation sites (tertiary alicyclic amines) is 1. The molecular formula is C49H65N9O6S. The van der Waals surface area contributed by atoms with Gasteiger partial charge in [0.25, 0.3) is 0 Å². The third-order valence-corrected chi connectivity index (χ3v) is 14.1. The summed E-state index contributed by atoms with van der Waals surface area (Å²) >= 11 is 1.58. The summed E-state index contributed by atoms with van der Waals surface area (Å²) in [5.41, 5.74) is 12.4. The minimum absolute atomic E-state index is 0.0229. The van der Waals surface area contributed by atoms with Gasteiger partial charge in [0.05, 0.1) is 33.6 Å². The number of aliphatic hydroxyl groups excluding tert-OH is 1. The minimum atomic E-state index is -0.868. The van der Waals surface area contributed by atoms with Crippen LogP contribution in [0.1, 0.15) is 109 Å². The second-order valence-electron chi connectivity index (χ2n) is 19.0. The molecule has 348 valence electrons. The van der Waals surface area contributed by atoms with E-state index in [4.69, 9.17) is 5.73 Å². The number of aromatic nitrogens is 3. The standard InChI is InChI=1S/C49H65N9O6S/c1-31-44(65-30-52-31)33-22-20-32(21-23-33)26-51-47(63)40-24-36(59)29-57(40)48(64)45(49(2,3)4)53-42(61)18-9-7-5-6-8-10-19-43(62)58-34-14-13-15-35(58)28-56(27-34)39-25-38(54-55-46(39)50)37-16-11-12-17-41(37)60/h11-12,16-17,20-23,25,30,34-36,40,45,59-60H,5-10,13-15,18-19,24,26-29H2,1-4H3,(H2,50,55)(H,51,63)(H,53,61)/t34?,35?,36-,40+,45?/m1/s1. The lowest BCUT2D eigenvalue weighted by molar-refractivity contribution is -0.144. The Bertz CT molecular complexity index is 2280. The first kappa shape index (κ1) is 47.4. The van der Waals surface area contributed by atoms with Crippen LogP contribution in [0.2, 0.25) is 0 Å². The predicted octanol–water partition coefficient (Wildman–Crippen LogP) is 6.36. The summed E-state index contributed by atoms with van der Waals surface area (Å²) in [5, 5.41) is 35.4. The van der Waals surface area contributed by atoms with Crippen molar-refractivity contribution in [2.24, 2.45) is 5.41 Å². The maximum Gasteiger partial charge on any atom is 0.246 e. The Morgan fingerprint density at radius 2 is 1.58 bits per heavy atom. The van der Waals surface area contributed by atoms with Gasteiger partial charge in [0.2, 0.25) is 23.6 Å². The number of benzene rings is 2. The molecule has 15 nitrogen and oxygen atoms in total. The van der Waals surface area contributed by atoms with E-state index in [1.807, 2.05) is 69.6 Å². The second kappa shape index (κ2) is 21.1. The van der Waals surface area contributed by atoms with Crippen LogP contribution in [0.15, 0.2) is 60.1 Å². The van der Waals surface area contributed by atoms with Gasteiger partial charge in [-0.2, -0.15) is 0 Å². The lowest BCUT2D eigenvalue weighted by Gasteiger charge is -2.51. The van der Waals surface area contributed by atoms with E-state index in [0.717, 1.165) is 78.8 Å². The number of amides is 4. The number of carbonyl (C=O) groups is 4. The Morgan fingerprint density at radius 1 is 0.908 bits per heavy atom. The molecule has 3 aliphatic rings. The zero-order valence-corrected chi connectivity index (χ0v) is 39.0. The molecule has 5 atom stereocenters. The molecule has 2 bridgehead atoms. The molecule has 0 aliphatic carbocycles. The van der Waals surface area contributed by atoms with Gasteiger partial charge >= 0.3 is 0 Å². The molecule has 0 radical (unpaired) electrons. The number of fused-ring (bicyclic) bond motifs is 2. The van der Waals surface area contributed by atoms with Crippen molar-refractivity contribution < 1.29 is 29.4 Å². The number of piperazine rings is 1. The lowest BCUT2D eigenvalue weighted by atomic mass is 9.85. The monoisotopic (exact) mass is 907 g/mol. The minimum Gasteiger partial charge on any atom is -0.507 e. The molecule has 16 heteroatoms. The van der Waals surface area contributed by atoms with Crippen LogP contribution < -0.4 is 21.3 Å². The predicted molar refractivity (Wildman–Crippen MR) is 253 cm³/mol. The number of anilines is 2. The average molecular weight is 908 g/mol. The second-order valence-corrected chi connectivity index (χ2v) is 19.9. The highest BCUT2D eigenvalue weighted by Crippen LogP contribution is 2.37. The Balaban J connectivity index is 0.815. The lowest BCUT2D eigenvalue weighted by Crippen LogP contribution is -2.62. The van der Waals surface area contributed by atoms with Gasteiger partial charge in [-0.05, 0) is 73.8 Å². The number of hydrogen-bond donors (Lipinski definition) is 5. The molecule has 6 N–H and O–H groups in total. The molecule has 2 aromatic heterocycles. The van der Waals surface area contributed by atoms with Crippen molar-refractivity contribution in [2.75, 3.05) is 30.3 Å². The first-order valence-electron chi connectivity index (χ1n) is 23.2. The number of β-amino-alcohol motifs (C(OH)–C–C–N with tert-alkyl or cyclic N) is 1. The molecule has 2 aromatic carbocycles. The van der Waals surface area contributed by atoms with Crippen molar-refractivity contribution in [3.8, 4) is 27.4 Å². The quantitative estimate of drug-likeness (QED) is 0.0737. The van der Waals surface area contributed by atoms with Gasteiger partial charge in [0.15, 0.2) is 5.82 Å². The normalized spacial score (nSPS) is 20.1. The molecule has 7 rings (SSSR count). The van der Waals surface area contributed by atoms with Crippen LogP contribution in [-0.4, -0.2) is 109 Å². The van der Waals surface area contributed by atoms with Crippen molar-refractivity contribution in [3.63, 3.8) is 0 Å². The number of piperidine rings is 1. The van der Waals surface area contributed by atoms with Crippen LogP contribution in [0.3, 0.4) is 0 Å². The number of aliphatic hydroxyl groups is 1. The van der Waals surface area contributed by atoms with E-state index in [9.17, 15) is 29.4 Å². The number of phenols is 1. The van der Waals surface area contributed by atoms with Gasteiger partial charge in [-0.1, -0.05) is 82.9 Å². The highest BCUT2D eigenvalue weighted by Gasteiger charge is 2.45. The molecule has 65 heavy (non-hydrogen) atoms. The van der Waals surface area contributed by atoms with Gasteiger partial charge in [0.1, 0.15) is 17.8 Å². The molecule has 3 aliphatic heterocycles. The number of aryl methyl sites for hydroxylation is 1. The summed E-state index contributed by atoms with van der Waals surface area (Å²) < 4.78 is 0. The fourth-order valence-electron chi connectivity index (χ4n) is 9.59. The number of carbonyl (C=O) groups excluding carboxylic acids is 4. The number of hydrogen-bond acceptors (Lipinski definition) is 12. The van der Waals surface area contributed by atoms with Crippen LogP contribution in [0.5, 0.6) is 5.75 Å². The number of unbranched alkanes of at least 4 members (excludes halogenated alkanes) is 5. The Labute approximate surface area is 386 Å². The Morgan fingerprint density at radius 3 is 2.25 bits per heavy atom. The largest absolute Gasteiger partial charge is 0.507 e. The fourth-order valence-corrected chi connectivity index (χ4v) is 10.4. The van der Waals surface area contributed by atoms with E-state index in [-0.39, 0.29) is 67.4 Å². The van der Waals surface area contributed by atoms with E-state index in [2.05, 4.69) is 35.6 Å². The number of nitrogens with zero attached hydrogens (tertiary/aromatic N) is 6. The smallest absolute Gasteiger partial charge is 0.246 e. The molecular weight excluding hydrogens is 843 g/mol. The average Bonchev–Trinajstić information content (AvgIpc) is 3.90. The molecule has 3 saturated heterocycles. The molecule has 4 amide bonds. The number of para-hydroxylation sites is 1. The first-order chi connectivity index (χ1) is 31.2. The third-order valence-electron chi connectivity index (χ3n) is 13.1. The number of nitrogen functional groups attached to an aromatic ring is 1. The fraction of sp³-hybridized carbons (Fsp3) is 0.531. The molecule has 0 saturated carbocycles. The van der Waals surface area contributed by atoms with Crippen molar-refractivity contribution in [1.29, 1.82) is 0 Å². The summed E-state index contributed by atoms with van der Waals surface area (Å²) in [6.07, 6.45) is 8.20. The molecule has 0 spiro atoms. The molecule has 3 fully saturated rings. The van der Waals surface area contributed by atoms with Crippen molar-refractivity contribution in [1.82, 2.24) is 35.6 Å². The highest BCUT2D eigenvalue weighted by atomic mass is 32.1. The summed E-state index contributed by atoms with van der Waals surface area (Å²) in [7, 11) is 0. The van der Waals surface area contributed by atoms with Gasteiger partial charge < -0.3 is 41.3 Å². The van der Waals surface area contributed by atoms with Crippen LogP contribution in [-0.2, 0) is 25.7 Å². The number of phenolic OH excluding ortho intramolecular Hbond substituents is 1. The van der Waals surface area contributed by atoms with Gasteiger partial charge in [-0.25, -0.2) is 4.98 Å². The van der Waals surface area contributed by atoms with Gasteiger partial charge in [-0.15, -0.1) is 21.5 Å². The number of aromatic hydroxyl groups is 1. The number of nitrogens with one attached hydrogen (secondary N) is 2. The van der Waals surface area contributed by atoms with E-state index >= 15 is 0 Å². The molecule has 3 unspecified atom stereocenters. The zero-order chi connectivity index (χ0) is 46.3. The van der Waals surface area contributed by atoms with Gasteiger partial charge in [-0.3, -0.25) is 19.2 Å². The summed E-state index contributed by atoms with van der Waals surface area (Å²) in [6.45, 7) is 9.27. The Kier molecular flexibility index (Phi) is 15.4. The topological polar surface area (TPSA) is 207 Å². The van der Waals surface area contributed by atoms with Crippen molar-refractivity contribution in [3.05, 3.63) is 71.4 Å². The summed E-state index contributed by atoms with van der Waals surface area (Å²) in [5.74, 6) is -0.264. The van der Waals surface area contributed by atoms with E-state index in [1.165, 1.54) is 4.90 Å². The zero-order valence-electron chi connectivity index (χ0n) is 38.2. The molecule has 5 heterocycles. The maximum atomic E-state index is 14.0. The van der Waals surface area contributed by atoms with Crippen LogP contribution in [0.25, 0.3) is 21.7 Å². The van der Waals surface area contributed by atoms with E-state index < -0.39 is 23.6 Å². The number of nitrogens with two attached hydrogens (primary N) is 1. The van der Waals surface area contributed by atoms with Crippen LogP contribution in [0, 0.1) is 12.3 Å². The van der Waals surface area contributed by atoms with E-state index in [1.54, 1.807) is 29.5 Å². The molecule has 4 aromatic rings. The SMILES string of the molecule is Cc1ncsc1-c1ccc(CNC(=O)[C@@H]2C[C@@H](O)CN2C(=O)C(NC(=O)CCCCCCCCC(=O)N2C3CCCC2CN(c2cc(-c4ccccc4O)nnc2N)C3)C(C)(C)C)cc1. The Hall–Kier alpha value is -5.61. The van der Waals surface area contributed by atoms with Gasteiger partial charge in [0, 0.05) is 63.1 Å². The third kappa shape index (κ3) is 11.6. The number of thiazole rings is 1. The number of rotatable bonds is 17. The highest BCUT2D eigenvalue weighted by molar-refractivity contribution is 7.13. The van der Waals surface area contributed by atoms with Crippen molar-refractivity contribution in [2.45, 2.75) is 142 Å². The van der Waals surface area contributed by atoms with Crippen LogP contribution in [0.4, 0.5) is 11.5 Å². The maximum absolute atomic E-state index is 14.0. The van der Waals surface area contributed by atoms with E-state index in [0.29, 0.717) is 43.0 Å². The first-order valence-corrected chi connectivity index (χ1v) is 24.1.